The van der Waals surface area contributed by atoms with Crippen LogP contribution in [0.2, 0.25) is 0 Å². The maximum atomic E-state index is 12.2. The molecule has 0 fully saturated rings. The molecule has 1 aromatic rings. The summed E-state index contributed by atoms with van der Waals surface area (Å²) in [4.78, 5) is 0.287. The second kappa shape index (κ2) is 8.02. The summed E-state index contributed by atoms with van der Waals surface area (Å²) >= 11 is 1.71. The van der Waals surface area contributed by atoms with Gasteiger partial charge in [0.1, 0.15) is 0 Å². The molecule has 1 rings (SSSR count). The zero-order chi connectivity index (χ0) is 15.2. The van der Waals surface area contributed by atoms with E-state index < -0.39 is 10.0 Å². The van der Waals surface area contributed by atoms with Crippen LogP contribution in [0.3, 0.4) is 0 Å². The molecule has 0 bridgehead atoms. The molecule has 0 aliphatic carbocycles. The number of rotatable bonds is 8. The quantitative estimate of drug-likeness (QED) is 0.772. The van der Waals surface area contributed by atoms with Crippen LogP contribution in [-0.2, 0) is 10.0 Å². The summed E-state index contributed by atoms with van der Waals surface area (Å²) in [6.45, 7) is 4.46. The lowest BCUT2D eigenvalue weighted by atomic mass is 10.1. The average molecular weight is 316 g/mol. The monoisotopic (exact) mass is 316 g/mol. The van der Waals surface area contributed by atoms with Crippen LogP contribution < -0.4 is 10.5 Å². The minimum absolute atomic E-state index is 0.124. The fourth-order valence-electron chi connectivity index (χ4n) is 1.83. The highest BCUT2D eigenvalue weighted by Gasteiger charge is 2.16. The molecule has 114 valence electrons. The van der Waals surface area contributed by atoms with Gasteiger partial charge in [0.05, 0.1) is 4.90 Å². The molecular formula is C14H24N2O2S2. The van der Waals surface area contributed by atoms with Crippen LogP contribution in [0, 0.1) is 5.92 Å². The first-order chi connectivity index (χ1) is 9.40. The van der Waals surface area contributed by atoms with Gasteiger partial charge in [0.15, 0.2) is 0 Å². The number of benzene rings is 1. The van der Waals surface area contributed by atoms with Crippen molar-refractivity contribution in [2.75, 3.05) is 18.6 Å². The molecule has 0 saturated carbocycles. The average Bonchev–Trinajstić information content (AvgIpc) is 2.45. The number of nitrogens with one attached hydrogen (secondary N) is 1. The molecule has 0 amide bonds. The van der Waals surface area contributed by atoms with E-state index in [1.807, 2.05) is 26.2 Å². The molecule has 0 radical (unpaired) electrons. The summed E-state index contributed by atoms with van der Waals surface area (Å²) in [7, 11) is -3.45. The van der Waals surface area contributed by atoms with Crippen LogP contribution in [0.4, 0.5) is 0 Å². The normalized spacial score (nSPS) is 15.0. The van der Waals surface area contributed by atoms with Crippen molar-refractivity contribution in [2.45, 2.75) is 31.2 Å². The van der Waals surface area contributed by atoms with Crippen LogP contribution in [-0.4, -0.2) is 27.0 Å². The fourth-order valence-corrected chi connectivity index (χ4v) is 3.73. The Hall–Kier alpha value is -0.560. The lowest BCUT2D eigenvalue weighted by Gasteiger charge is -2.14. The van der Waals surface area contributed by atoms with Crippen molar-refractivity contribution in [3.05, 3.63) is 29.8 Å². The highest BCUT2D eigenvalue weighted by atomic mass is 32.2. The molecule has 2 unspecified atom stereocenters. The van der Waals surface area contributed by atoms with Crippen molar-refractivity contribution in [2.24, 2.45) is 11.7 Å². The molecule has 3 N–H and O–H groups in total. The summed E-state index contributed by atoms with van der Waals surface area (Å²) in [5.41, 5.74) is 6.80. The van der Waals surface area contributed by atoms with E-state index in [1.54, 1.807) is 30.0 Å². The molecule has 0 aromatic heterocycles. The number of sulfonamides is 1. The van der Waals surface area contributed by atoms with Crippen molar-refractivity contribution in [3.63, 3.8) is 0 Å². The molecule has 20 heavy (non-hydrogen) atoms. The first-order valence-corrected chi connectivity index (χ1v) is 9.62. The van der Waals surface area contributed by atoms with Crippen LogP contribution in [0.1, 0.15) is 31.9 Å². The maximum Gasteiger partial charge on any atom is 0.240 e. The SMILES string of the molecule is CCC(N)c1cccc(S(=O)(=O)NCC(C)CSC)c1. The van der Waals surface area contributed by atoms with E-state index in [-0.39, 0.29) is 10.9 Å². The van der Waals surface area contributed by atoms with E-state index in [0.29, 0.717) is 12.5 Å². The van der Waals surface area contributed by atoms with E-state index in [0.717, 1.165) is 17.7 Å². The zero-order valence-corrected chi connectivity index (χ0v) is 13.9. The van der Waals surface area contributed by atoms with E-state index in [4.69, 9.17) is 5.73 Å². The predicted octanol–water partition coefficient (Wildman–Crippen LogP) is 2.37. The summed E-state index contributed by atoms with van der Waals surface area (Å²) in [6.07, 6.45) is 2.79. The number of hydrogen-bond acceptors (Lipinski definition) is 4. The third-order valence-corrected chi connectivity index (χ3v) is 5.43. The van der Waals surface area contributed by atoms with Gasteiger partial charge in [0.25, 0.3) is 0 Å². The second-order valence-corrected chi connectivity index (χ2v) is 7.68. The standard InChI is InChI=1S/C14H24N2O2S2/c1-4-14(15)12-6-5-7-13(8-12)20(17,18)16-9-11(2)10-19-3/h5-8,11,14,16H,4,9-10,15H2,1-3H3. The van der Waals surface area contributed by atoms with Gasteiger partial charge in [-0.15, -0.1) is 0 Å². The highest BCUT2D eigenvalue weighted by molar-refractivity contribution is 7.98. The topological polar surface area (TPSA) is 72.2 Å². The van der Waals surface area contributed by atoms with Gasteiger partial charge in [-0.05, 0) is 42.0 Å². The Balaban J connectivity index is 2.82. The van der Waals surface area contributed by atoms with Gasteiger partial charge in [0.2, 0.25) is 10.0 Å². The first-order valence-electron chi connectivity index (χ1n) is 6.74. The molecule has 0 aliphatic heterocycles. The van der Waals surface area contributed by atoms with Crippen LogP contribution in [0.15, 0.2) is 29.2 Å². The van der Waals surface area contributed by atoms with Gasteiger partial charge in [0, 0.05) is 12.6 Å². The summed E-state index contributed by atoms with van der Waals surface area (Å²) in [6, 6.07) is 6.75. The molecule has 2 atom stereocenters. The van der Waals surface area contributed by atoms with Crippen molar-refractivity contribution < 1.29 is 8.42 Å². The molecule has 0 heterocycles. The Labute approximate surface area is 126 Å². The molecule has 0 saturated heterocycles. The Morgan fingerprint density at radius 2 is 2.10 bits per heavy atom. The lowest BCUT2D eigenvalue weighted by Crippen LogP contribution is -2.29. The maximum absolute atomic E-state index is 12.2. The summed E-state index contributed by atoms with van der Waals surface area (Å²) in [5.74, 6) is 1.24. The van der Waals surface area contributed by atoms with E-state index in [2.05, 4.69) is 4.72 Å². The van der Waals surface area contributed by atoms with Gasteiger partial charge >= 0.3 is 0 Å². The Kier molecular flexibility index (Phi) is 7.02. The number of nitrogens with two attached hydrogens (primary N) is 1. The Morgan fingerprint density at radius 3 is 2.70 bits per heavy atom. The van der Waals surface area contributed by atoms with E-state index in [9.17, 15) is 8.42 Å². The fraction of sp³-hybridized carbons (Fsp3) is 0.571. The number of thioether (sulfide) groups is 1. The lowest BCUT2D eigenvalue weighted by molar-refractivity contribution is 0.562. The summed E-state index contributed by atoms with van der Waals surface area (Å²) < 4.78 is 27.2. The smallest absolute Gasteiger partial charge is 0.240 e. The van der Waals surface area contributed by atoms with Gasteiger partial charge in [-0.1, -0.05) is 26.0 Å². The van der Waals surface area contributed by atoms with Crippen molar-refractivity contribution >= 4 is 21.8 Å². The van der Waals surface area contributed by atoms with Crippen LogP contribution >= 0.6 is 11.8 Å². The van der Waals surface area contributed by atoms with Crippen LogP contribution in [0.25, 0.3) is 0 Å². The van der Waals surface area contributed by atoms with Crippen molar-refractivity contribution in [1.82, 2.24) is 4.72 Å². The molecule has 1 aromatic carbocycles. The number of hydrogen-bond donors (Lipinski definition) is 2. The minimum Gasteiger partial charge on any atom is -0.324 e. The summed E-state index contributed by atoms with van der Waals surface area (Å²) in [5, 5.41) is 0. The second-order valence-electron chi connectivity index (χ2n) is 5.00. The minimum atomic E-state index is -3.45. The third-order valence-electron chi connectivity index (χ3n) is 3.11. The van der Waals surface area contributed by atoms with Crippen LogP contribution in [0.5, 0.6) is 0 Å². The van der Waals surface area contributed by atoms with Crippen molar-refractivity contribution in [1.29, 1.82) is 0 Å². The predicted molar refractivity (Wildman–Crippen MR) is 86.4 cm³/mol. The molecular weight excluding hydrogens is 292 g/mol. The Bertz CT molecular complexity index is 518. The first kappa shape index (κ1) is 17.5. The van der Waals surface area contributed by atoms with Gasteiger partial charge in [-0.3, -0.25) is 0 Å². The molecule has 4 nitrogen and oxygen atoms in total. The van der Waals surface area contributed by atoms with Gasteiger partial charge in [-0.25, -0.2) is 13.1 Å². The molecule has 0 aliphatic rings. The Morgan fingerprint density at radius 1 is 1.40 bits per heavy atom. The third kappa shape index (κ3) is 5.09. The van der Waals surface area contributed by atoms with Gasteiger partial charge < -0.3 is 5.73 Å². The zero-order valence-electron chi connectivity index (χ0n) is 12.3. The molecule has 0 spiro atoms. The molecule has 6 heteroatoms. The van der Waals surface area contributed by atoms with E-state index >= 15 is 0 Å². The highest BCUT2D eigenvalue weighted by Crippen LogP contribution is 2.18. The largest absolute Gasteiger partial charge is 0.324 e. The van der Waals surface area contributed by atoms with Gasteiger partial charge in [-0.2, -0.15) is 11.8 Å². The van der Waals surface area contributed by atoms with Crippen molar-refractivity contribution in [3.8, 4) is 0 Å². The van der Waals surface area contributed by atoms with E-state index in [1.165, 1.54) is 0 Å².